The van der Waals surface area contributed by atoms with Crippen molar-refractivity contribution in [2.24, 2.45) is 21.6 Å². The highest BCUT2D eigenvalue weighted by atomic mass is 16.8. The number of nitriles is 2. The van der Waals surface area contributed by atoms with Crippen molar-refractivity contribution in [3.05, 3.63) is 23.8 Å². The summed E-state index contributed by atoms with van der Waals surface area (Å²) in [5.74, 6) is -0.939. The van der Waals surface area contributed by atoms with Crippen molar-refractivity contribution >= 4 is 5.84 Å². The number of hydrogen-bond donors (Lipinski definition) is 1. The fourth-order valence-electron chi connectivity index (χ4n) is 4.25. The number of ether oxygens (including phenoxy) is 4. The molecule has 2 fully saturated rings. The molecule has 0 bridgehead atoms. The second kappa shape index (κ2) is 4.85. The highest BCUT2D eigenvalue weighted by Crippen LogP contribution is 2.82. The van der Waals surface area contributed by atoms with Gasteiger partial charge in [-0.25, -0.2) is 4.99 Å². The lowest BCUT2D eigenvalue weighted by Gasteiger charge is -2.25. The van der Waals surface area contributed by atoms with E-state index in [1.165, 1.54) is 14.2 Å². The number of nitrogens with two attached hydrogens (primary N) is 1. The normalized spacial score (nSPS) is 33.9. The van der Waals surface area contributed by atoms with E-state index in [1.807, 2.05) is 0 Å². The lowest BCUT2D eigenvalue weighted by molar-refractivity contribution is -0.184. The van der Waals surface area contributed by atoms with Gasteiger partial charge in [-0.3, -0.25) is 0 Å². The lowest BCUT2D eigenvalue weighted by atomic mass is 9.94. The van der Waals surface area contributed by atoms with Crippen LogP contribution in [0.3, 0.4) is 0 Å². The molecule has 2 N–H and O–H groups in total. The third-order valence-electron chi connectivity index (χ3n) is 5.35. The predicted molar refractivity (Wildman–Crippen MR) is 84.6 cm³/mol. The summed E-state index contributed by atoms with van der Waals surface area (Å²) in [5.41, 5.74) is 4.20. The number of rotatable bonds is 3. The molecule has 8 heteroatoms. The van der Waals surface area contributed by atoms with Crippen LogP contribution in [0.4, 0.5) is 0 Å². The van der Waals surface area contributed by atoms with Gasteiger partial charge in [0.15, 0.2) is 16.9 Å². The maximum atomic E-state index is 10.0. The average molecular weight is 340 g/mol. The Morgan fingerprint density at radius 2 is 1.84 bits per heavy atom. The number of amidine groups is 1. The van der Waals surface area contributed by atoms with Gasteiger partial charge in [-0.15, -0.1) is 0 Å². The quantitative estimate of drug-likeness (QED) is 0.866. The van der Waals surface area contributed by atoms with E-state index in [9.17, 15) is 10.5 Å². The molecule has 2 aliphatic heterocycles. The molecule has 3 aliphatic rings. The van der Waals surface area contributed by atoms with E-state index < -0.39 is 22.7 Å². The smallest absolute Gasteiger partial charge is 0.293 e. The van der Waals surface area contributed by atoms with Crippen molar-refractivity contribution in [1.29, 1.82) is 10.5 Å². The summed E-state index contributed by atoms with van der Waals surface area (Å²) >= 11 is 0. The van der Waals surface area contributed by atoms with Gasteiger partial charge in [-0.2, -0.15) is 10.5 Å². The molecule has 1 aliphatic carbocycles. The Hall–Kier alpha value is -2.81. The van der Waals surface area contributed by atoms with Gasteiger partial charge in [-0.1, -0.05) is 6.07 Å². The first-order chi connectivity index (χ1) is 12.1. The minimum atomic E-state index is -1.53. The number of nitrogens with zero attached hydrogens (tertiary/aromatic N) is 3. The van der Waals surface area contributed by atoms with Gasteiger partial charge >= 0.3 is 0 Å². The topological polar surface area (TPSA) is 123 Å². The molecule has 1 spiro atoms. The number of benzene rings is 1. The first kappa shape index (κ1) is 15.7. The SMILES string of the molecule is COc1ccc([C@@H]2[C@]3(C#N)C(N)=NC4(OCCO4)[C@@]23C#N)cc1OC. The van der Waals surface area contributed by atoms with Crippen molar-refractivity contribution in [2.75, 3.05) is 27.4 Å². The minimum Gasteiger partial charge on any atom is -0.493 e. The molecule has 1 aromatic carbocycles. The average Bonchev–Trinajstić information content (AvgIpc) is 2.89. The minimum absolute atomic E-state index is 0.0678. The first-order valence-corrected chi connectivity index (χ1v) is 7.75. The molecule has 1 saturated carbocycles. The van der Waals surface area contributed by atoms with Crippen molar-refractivity contribution < 1.29 is 18.9 Å². The maximum absolute atomic E-state index is 10.0. The van der Waals surface area contributed by atoms with Crippen LogP contribution < -0.4 is 15.2 Å². The number of aliphatic imine (C=N–C) groups is 1. The Bertz CT molecular complexity index is 864. The first-order valence-electron chi connectivity index (χ1n) is 7.75. The molecule has 0 amide bonds. The summed E-state index contributed by atoms with van der Waals surface area (Å²) in [4.78, 5) is 4.24. The highest BCUT2D eigenvalue weighted by molar-refractivity contribution is 6.00. The summed E-state index contributed by atoms with van der Waals surface area (Å²) < 4.78 is 22.0. The molecule has 1 saturated heterocycles. The molecular formula is C17H16N4O4. The van der Waals surface area contributed by atoms with Gasteiger partial charge in [0.05, 0.1) is 39.6 Å². The molecule has 0 radical (unpaired) electrons. The summed E-state index contributed by atoms with van der Waals surface area (Å²) in [5, 5.41) is 19.9. The Balaban J connectivity index is 1.89. The molecule has 1 aromatic rings. The standard InChI is InChI=1S/C17H16N4O4/c1-22-11-4-3-10(7-12(11)23-2)13-15(8-18)14(20)21-17(16(13,15)9-19)24-5-6-25-17/h3-4,7,13H,5-6H2,1-2H3,(H2,20,21)/t13-,15-,16+/m1/s1. The molecule has 25 heavy (non-hydrogen) atoms. The van der Waals surface area contributed by atoms with Gasteiger partial charge in [0, 0.05) is 5.92 Å². The second-order valence-electron chi connectivity index (χ2n) is 6.16. The van der Waals surface area contributed by atoms with Gasteiger partial charge in [0.25, 0.3) is 5.91 Å². The van der Waals surface area contributed by atoms with Crippen LogP contribution in [0.25, 0.3) is 0 Å². The monoisotopic (exact) mass is 340 g/mol. The second-order valence-corrected chi connectivity index (χ2v) is 6.16. The van der Waals surface area contributed by atoms with Crippen molar-refractivity contribution in [3.8, 4) is 23.6 Å². The Kier molecular flexibility index (Phi) is 3.05. The molecule has 2 heterocycles. The Labute approximate surface area is 144 Å². The summed E-state index contributed by atoms with van der Waals surface area (Å²) in [6, 6.07) is 9.72. The van der Waals surface area contributed by atoms with Crippen molar-refractivity contribution in [1.82, 2.24) is 0 Å². The van der Waals surface area contributed by atoms with E-state index in [2.05, 4.69) is 17.1 Å². The van der Waals surface area contributed by atoms with Crippen LogP contribution >= 0.6 is 0 Å². The summed E-state index contributed by atoms with van der Waals surface area (Å²) in [7, 11) is 3.06. The zero-order chi connectivity index (χ0) is 17.9. The van der Waals surface area contributed by atoms with E-state index in [1.54, 1.807) is 18.2 Å². The third kappa shape index (κ3) is 1.50. The molecule has 3 atom stereocenters. The zero-order valence-electron chi connectivity index (χ0n) is 13.8. The molecular weight excluding hydrogens is 324 g/mol. The van der Waals surface area contributed by atoms with Gasteiger partial charge in [0.2, 0.25) is 0 Å². The number of methoxy groups -OCH3 is 2. The molecule has 8 nitrogen and oxygen atoms in total. The Morgan fingerprint density at radius 1 is 1.16 bits per heavy atom. The highest BCUT2D eigenvalue weighted by Gasteiger charge is 2.94. The third-order valence-corrected chi connectivity index (χ3v) is 5.35. The van der Waals surface area contributed by atoms with Crippen molar-refractivity contribution in [2.45, 2.75) is 11.8 Å². The number of fused-ring (bicyclic) bond motifs is 2. The van der Waals surface area contributed by atoms with Gasteiger partial charge in [0.1, 0.15) is 11.3 Å². The van der Waals surface area contributed by atoms with Crippen LogP contribution in [0, 0.1) is 33.5 Å². The maximum Gasteiger partial charge on any atom is 0.293 e. The van der Waals surface area contributed by atoms with E-state index >= 15 is 0 Å². The van der Waals surface area contributed by atoms with Crippen LogP contribution in [-0.2, 0) is 9.47 Å². The Morgan fingerprint density at radius 3 is 2.40 bits per heavy atom. The van der Waals surface area contributed by atoms with Gasteiger partial charge in [-0.05, 0) is 17.7 Å². The van der Waals surface area contributed by atoms with Crippen LogP contribution in [0.2, 0.25) is 0 Å². The van der Waals surface area contributed by atoms with E-state index in [0.29, 0.717) is 24.7 Å². The van der Waals surface area contributed by atoms with Gasteiger partial charge < -0.3 is 24.7 Å². The van der Waals surface area contributed by atoms with Crippen LogP contribution in [0.15, 0.2) is 23.2 Å². The molecule has 4 rings (SSSR count). The summed E-state index contributed by atoms with van der Waals surface area (Å²) in [6.07, 6.45) is 0. The lowest BCUT2D eigenvalue weighted by Crippen LogP contribution is -2.38. The molecule has 128 valence electrons. The van der Waals surface area contributed by atoms with Crippen LogP contribution in [0.5, 0.6) is 11.5 Å². The van der Waals surface area contributed by atoms with E-state index in [4.69, 9.17) is 24.7 Å². The molecule has 0 aromatic heterocycles. The summed E-state index contributed by atoms with van der Waals surface area (Å²) in [6.45, 7) is 0.584. The van der Waals surface area contributed by atoms with E-state index in [-0.39, 0.29) is 5.84 Å². The fourth-order valence-corrected chi connectivity index (χ4v) is 4.25. The van der Waals surface area contributed by atoms with Crippen LogP contribution in [0.1, 0.15) is 11.5 Å². The number of hydrogen-bond acceptors (Lipinski definition) is 8. The van der Waals surface area contributed by atoms with Crippen LogP contribution in [-0.4, -0.2) is 39.2 Å². The van der Waals surface area contributed by atoms with E-state index in [0.717, 1.165) is 5.56 Å². The molecule has 0 unspecified atom stereocenters. The zero-order valence-corrected chi connectivity index (χ0v) is 13.8. The predicted octanol–water partition coefficient (Wildman–Crippen LogP) is 0.892. The largest absolute Gasteiger partial charge is 0.493 e. The fraction of sp³-hybridized carbons (Fsp3) is 0.471. The van der Waals surface area contributed by atoms with Crippen molar-refractivity contribution in [3.63, 3.8) is 0 Å².